The summed E-state index contributed by atoms with van der Waals surface area (Å²) >= 11 is 0. The van der Waals surface area contributed by atoms with Gasteiger partial charge in [-0.15, -0.1) is 0 Å². The van der Waals surface area contributed by atoms with Crippen molar-refractivity contribution in [3.8, 4) is 0 Å². The molecule has 0 saturated carbocycles. The van der Waals surface area contributed by atoms with Crippen LogP contribution in [0.3, 0.4) is 0 Å². The number of hydrogen-bond acceptors (Lipinski definition) is 1. The summed E-state index contributed by atoms with van der Waals surface area (Å²) in [5.74, 6) is 1.25. The maximum absolute atomic E-state index is 4.98. The van der Waals surface area contributed by atoms with Crippen LogP contribution in [0.4, 0.5) is 0 Å². The van der Waals surface area contributed by atoms with Crippen molar-refractivity contribution in [2.24, 2.45) is 7.05 Å². The Morgan fingerprint density at radius 2 is 2.25 bits per heavy atom. The fourth-order valence-corrected chi connectivity index (χ4v) is 1.02. The summed E-state index contributed by atoms with van der Waals surface area (Å²) < 4.78 is 9.24. The van der Waals surface area contributed by atoms with Crippen LogP contribution in [0.5, 0.6) is 0 Å². The van der Waals surface area contributed by atoms with Crippen molar-refractivity contribution in [2.45, 2.75) is 13.5 Å². The van der Waals surface area contributed by atoms with E-state index in [1.54, 1.807) is 7.11 Å². The molecule has 0 fully saturated rings. The van der Waals surface area contributed by atoms with Crippen LogP contribution in [0.1, 0.15) is 5.82 Å². The summed E-state index contributed by atoms with van der Waals surface area (Å²) in [7, 11) is 3.76. The molecule has 0 radical (unpaired) electrons. The molecule has 0 spiro atoms. The summed E-state index contributed by atoms with van der Waals surface area (Å²) in [6.45, 7) is 3.80. The van der Waals surface area contributed by atoms with Gasteiger partial charge in [-0.25, -0.2) is 9.13 Å². The Morgan fingerprint density at radius 3 is 2.67 bits per heavy atom. The molecule has 0 aliphatic heterocycles. The number of nitrogens with zero attached hydrogens (tertiary/aromatic N) is 2. The van der Waals surface area contributed by atoms with E-state index in [1.807, 2.05) is 13.2 Å². The van der Waals surface area contributed by atoms with E-state index >= 15 is 0 Å². The van der Waals surface area contributed by atoms with Crippen LogP contribution in [0.25, 0.3) is 0 Å². The maximum Gasteiger partial charge on any atom is 0.253 e. The van der Waals surface area contributed by atoms with Gasteiger partial charge in [-0.05, 0) is 0 Å². The average Bonchev–Trinajstić information content (AvgIpc) is 2.31. The molecule has 0 unspecified atom stereocenters. The zero-order chi connectivity index (χ0) is 8.27. The van der Waals surface area contributed by atoms with E-state index in [1.165, 1.54) is 5.82 Å². The van der Waals surface area contributed by atoms with Crippen LogP contribution in [0, 0.1) is 6.92 Å². The molecule has 1 rings (SSSR count). The number of aryl methyl sites for hydroxylation is 1. The Hall–Kier alpha value is -0.100. The number of rotatable bonds is 3. The Morgan fingerprint density at radius 1 is 1.58 bits per heavy atom. The van der Waals surface area contributed by atoms with E-state index in [0.717, 1.165) is 13.2 Å². The molecule has 0 aromatic carbocycles. The number of methoxy groups -OCH3 is 1. The number of aromatic nitrogens is 2. The fourth-order valence-electron chi connectivity index (χ4n) is 1.02. The third-order valence-electron chi connectivity index (χ3n) is 1.93. The zero-order valence-corrected chi connectivity index (χ0v) is 9.91. The average molecular weight is 282 g/mol. The van der Waals surface area contributed by atoms with Crippen LogP contribution in [0.2, 0.25) is 0 Å². The van der Waals surface area contributed by atoms with Crippen molar-refractivity contribution in [3.63, 3.8) is 0 Å². The molecule has 0 bridgehead atoms. The van der Waals surface area contributed by atoms with Crippen LogP contribution in [-0.2, 0) is 18.3 Å². The monoisotopic (exact) mass is 282 g/mol. The van der Waals surface area contributed by atoms with Gasteiger partial charge >= 0.3 is 0 Å². The number of hydrogen-bond donors (Lipinski definition) is 0. The van der Waals surface area contributed by atoms with Crippen LogP contribution < -0.4 is 28.5 Å². The van der Waals surface area contributed by atoms with E-state index in [4.69, 9.17) is 4.74 Å². The fraction of sp³-hybridized carbons (Fsp3) is 0.625. The Bertz CT molecular complexity index is 235. The number of imidazole rings is 1. The zero-order valence-electron chi connectivity index (χ0n) is 7.75. The predicted octanol–water partition coefficient (Wildman–Crippen LogP) is -2.73. The maximum atomic E-state index is 4.98. The molecule has 70 valence electrons. The van der Waals surface area contributed by atoms with Gasteiger partial charge in [0, 0.05) is 14.0 Å². The first kappa shape index (κ1) is 11.9. The number of ether oxygens (including phenoxy) is 1. The van der Waals surface area contributed by atoms with Crippen molar-refractivity contribution >= 4 is 0 Å². The van der Waals surface area contributed by atoms with Crippen molar-refractivity contribution in [1.82, 2.24) is 4.57 Å². The van der Waals surface area contributed by atoms with Gasteiger partial charge in [-0.3, -0.25) is 0 Å². The Kier molecular flexibility index (Phi) is 5.48. The third-order valence-corrected chi connectivity index (χ3v) is 1.93. The molecule has 1 heterocycles. The first-order valence-electron chi connectivity index (χ1n) is 3.76. The second-order valence-electron chi connectivity index (χ2n) is 2.64. The third kappa shape index (κ3) is 2.75. The van der Waals surface area contributed by atoms with E-state index in [-0.39, 0.29) is 24.0 Å². The lowest BCUT2D eigenvalue weighted by atomic mass is 10.6. The van der Waals surface area contributed by atoms with Crippen molar-refractivity contribution in [2.75, 3.05) is 13.7 Å². The van der Waals surface area contributed by atoms with Crippen molar-refractivity contribution < 1.29 is 33.3 Å². The van der Waals surface area contributed by atoms with E-state index < -0.39 is 0 Å². The molecule has 12 heavy (non-hydrogen) atoms. The minimum Gasteiger partial charge on any atom is -1.00 e. The SMILES string of the molecule is COCCn1cc[n+](C)c1C.[I-]. The molecule has 1 aromatic rings. The lowest BCUT2D eigenvalue weighted by molar-refractivity contribution is -0.677. The highest BCUT2D eigenvalue weighted by Gasteiger charge is 2.06. The molecule has 3 nitrogen and oxygen atoms in total. The van der Waals surface area contributed by atoms with Gasteiger partial charge in [0.05, 0.1) is 13.7 Å². The van der Waals surface area contributed by atoms with Crippen molar-refractivity contribution in [3.05, 3.63) is 18.2 Å². The summed E-state index contributed by atoms with van der Waals surface area (Å²) in [6, 6.07) is 0. The molecule has 0 N–H and O–H groups in total. The van der Waals surface area contributed by atoms with E-state index in [2.05, 4.69) is 22.3 Å². The van der Waals surface area contributed by atoms with Gasteiger partial charge in [0.1, 0.15) is 18.9 Å². The lowest BCUT2D eigenvalue weighted by Gasteiger charge is -1.96. The first-order valence-corrected chi connectivity index (χ1v) is 3.76. The molecule has 0 aliphatic rings. The Balaban J connectivity index is 0.00000121. The van der Waals surface area contributed by atoms with Crippen LogP contribution in [-0.4, -0.2) is 18.3 Å². The molecule has 0 aliphatic carbocycles. The van der Waals surface area contributed by atoms with Crippen LogP contribution >= 0.6 is 0 Å². The molecule has 0 amide bonds. The normalized spacial score (nSPS) is 9.58. The van der Waals surface area contributed by atoms with Crippen molar-refractivity contribution in [1.29, 1.82) is 0 Å². The predicted molar refractivity (Wildman–Crippen MR) is 42.2 cm³/mol. The summed E-state index contributed by atoms with van der Waals surface area (Å²) in [5.41, 5.74) is 0. The standard InChI is InChI=1S/C8H15N2O.HI/c1-8-9(2)4-5-10(8)6-7-11-3;/h4-5H,6-7H2,1-3H3;1H/q+1;/p-1. The summed E-state index contributed by atoms with van der Waals surface area (Å²) in [4.78, 5) is 0. The van der Waals surface area contributed by atoms with Gasteiger partial charge in [-0.2, -0.15) is 0 Å². The number of halogens is 1. The highest BCUT2D eigenvalue weighted by molar-refractivity contribution is 4.78. The first-order chi connectivity index (χ1) is 5.25. The largest absolute Gasteiger partial charge is 1.00 e. The molecule has 4 heteroatoms. The van der Waals surface area contributed by atoms with Gasteiger partial charge in [-0.1, -0.05) is 0 Å². The van der Waals surface area contributed by atoms with Gasteiger partial charge < -0.3 is 28.7 Å². The quantitative estimate of drug-likeness (QED) is 0.435. The van der Waals surface area contributed by atoms with Gasteiger partial charge in [0.25, 0.3) is 5.82 Å². The molecule has 1 aromatic heterocycles. The molecule has 0 saturated heterocycles. The Labute approximate surface area is 90.4 Å². The second-order valence-corrected chi connectivity index (χ2v) is 2.64. The highest BCUT2D eigenvalue weighted by Crippen LogP contribution is 1.91. The minimum atomic E-state index is 0. The van der Waals surface area contributed by atoms with E-state index in [9.17, 15) is 0 Å². The smallest absolute Gasteiger partial charge is 0.253 e. The lowest BCUT2D eigenvalue weighted by Crippen LogP contribution is -3.00. The minimum absolute atomic E-state index is 0. The molecular formula is C8H15IN2O. The van der Waals surface area contributed by atoms with Gasteiger partial charge in [0.15, 0.2) is 0 Å². The van der Waals surface area contributed by atoms with Crippen LogP contribution in [0.15, 0.2) is 12.4 Å². The summed E-state index contributed by atoms with van der Waals surface area (Å²) in [6.07, 6.45) is 4.11. The topological polar surface area (TPSA) is 18.0 Å². The highest BCUT2D eigenvalue weighted by atomic mass is 127. The summed E-state index contributed by atoms with van der Waals surface area (Å²) in [5, 5.41) is 0. The molecular weight excluding hydrogens is 267 g/mol. The second kappa shape index (κ2) is 5.53. The molecule has 0 atom stereocenters. The van der Waals surface area contributed by atoms with E-state index in [0.29, 0.717) is 0 Å². The van der Waals surface area contributed by atoms with Gasteiger partial charge in [0.2, 0.25) is 0 Å².